The quantitative estimate of drug-likeness (QED) is 0.573. The van der Waals surface area contributed by atoms with E-state index in [1.807, 2.05) is 0 Å². The maximum absolute atomic E-state index is 11.5. The summed E-state index contributed by atoms with van der Waals surface area (Å²) < 4.78 is 20.4. The largest absolute Gasteiger partial charge is 0.493 e. The Hall–Kier alpha value is -2.17. The van der Waals surface area contributed by atoms with Gasteiger partial charge in [-0.3, -0.25) is 0 Å². The van der Waals surface area contributed by atoms with Crippen molar-refractivity contribution in [2.45, 2.75) is 0 Å². The van der Waals surface area contributed by atoms with Gasteiger partial charge in [0.05, 0.1) is 26.9 Å². The molecule has 0 fully saturated rings. The van der Waals surface area contributed by atoms with E-state index in [2.05, 4.69) is 11.3 Å². The summed E-state index contributed by atoms with van der Waals surface area (Å²) in [6.07, 6.45) is 1.59. The monoisotopic (exact) mass is 252 g/mol. The summed E-state index contributed by atoms with van der Waals surface area (Å²) >= 11 is 0. The van der Waals surface area contributed by atoms with Gasteiger partial charge in [-0.05, 0) is 12.1 Å². The first kappa shape index (κ1) is 13.9. The zero-order valence-corrected chi connectivity index (χ0v) is 10.7. The van der Waals surface area contributed by atoms with Crippen LogP contribution in [0.2, 0.25) is 0 Å². The van der Waals surface area contributed by atoms with Gasteiger partial charge in [0.1, 0.15) is 6.61 Å². The van der Waals surface area contributed by atoms with Gasteiger partial charge in [-0.2, -0.15) is 0 Å². The Bertz CT molecular complexity index is 439. The molecule has 0 N–H and O–H groups in total. The fourth-order valence-electron chi connectivity index (χ4n) is 1.42. The Morgan fingerprint density at radius 1 is 1.22 bits per heavy atom. The van der Waals surface area contributed by atoms with Crippen LogP contribution in [0.25, 0.3) is 0 Å². The third-order valence-corrected chi connectivity index (χ3v) is 2.22. The lowest BCUT2D eigenvalue weighted by Crippen LogP contribution is -2.05. The van der Waals surface area contributed by atoms with Crippen molar-refractivity contribution >= 4 is 5.97 Å². The van der Waals surface area contributed by atoms with E-state index < -0.39 is 5.97 Å². The maximum atomic E-state index is 11.5. The van der Waals surface area contributed by atoms with E-state index in [4.69, 9.17) is 14.2 Å². The van der Waals surface area contributed by atoms with Gasteiger partial charge < -0.3 is 18.9 Å². The number of carbonyl (C=O) groups is 1. The van der Waals surface area contributed by atoms with Crippen molar-refractivity contribution in [2.75, 3.05) is 27.9 Å². The van der Waals surface area contributed by atoms with E-state index >= 15 is 0 Å². The molecule has 0 aromatic heterocycles. The third-order valence-electron chi connectivity index (χ3n) is 2.22. The summed E-state index contributed by atoms with van der Waals surface area (Å²) in [6.45, 7) is 3.85. The van der Waals surface area contributed by atoms with E-state index in [9.17, 15) is 4.79 Å². The number of methoxy groups -OCH3 is 3. The van der Waals surface area contributed by atoms with Crippen molar-refractivity contribution in [3.8, 4) is 17.2 Å². The number of hydrogen-bond donors (Lipinski definition) is 0. The van der Waals surface area contributed by atoms with Crippen molar-refractivity contribution in [2.24, 2.45) is 0 Å². The van der Waals surface area contributed by atoms with Crippen molar-refractivity contribution < 1.29 is 23.7 Å². The average Bonchev–Trinajstić information content (AvgIpc) is 2.42. The molecule has 98 valence electrons. The first-order chi connectivity index (χ1) is 8.67. The average molecular weight is 252 g/mol. The van der Waals surface area contributed by atoms with Gasteiger partial charge in [-0.1, -0.05) is 12.7 Å². The van der Waals surface area contributed by atoms with Crippen molar-refractivity contribution in [1.82, 2.24) is 0 Å². The minimum absolute atomic E-state index is 0.296. The Balaban J connectivity index is 3.25. The normalized spacial score (nSPS) is 9.50. The molecule has 5 heteroatoms. The minimum atomic E-state index is -0.473. The molecule has 0 saturated heterocycles. The molecular weight excluding hydrogens is 236 g/mol. The van der Waals surface area contributed by atoms with E-state index in [-0.39, 0.29) is 0 Å². The lowest BCUT2D eigenvalue weighted by Gasteiger charge is -2.14. The van der Waals surface area contributed by atoms with Gasteiger partial charge in [-0.25, -0.2) is 4.79 Å². The standard InChI is InChI=1S/C13H16O5/c1-5-6-18-11-8-9(13(14)17-4)7-10(15-2)12(11)16-3/h5,7-8H,1,6H2,2-4H3. The molecular formula is C13H16O5. The number of esters is 1. The molecule has 1 rings (SSSR count). The second-order valence-electron chi connectivity index (χ2n) is 3.30. The molecule has 0 aliphatic carbocycles. The molecule has 0 unspecified atom stereocenters. The van der Waals surface area contributed by atoms with Crippen LogP contribution in [0.4, 0.5) is 0 Å². The molecule has 0 heterocycles. The molecule has 0 saturated carbocycles. The van der Waals surface area contributed by atoms with Crippen LogP contribution in [0.3, 0.4) is 0 Å². The summed E-state index contributed by atoms with van der Waals surface area (Å²) in [5, 5.41) is 0. The highest BCUT2D eigenvalue weighted by Gasteiger charge is 2.17. The topological polar surface area (TPSA) is 54.0 Å². The molecule has 0 aliphatic heterocycles. The number of ether oxygens (including phenoxy) is 4. The van der Waals surface area contributed by atoms with Gasteiger partial charge in [0, 0.05) is 0 Å². The maximum Gasteiger partial charge on any atom is 0.338 e. The molecule has 1 aromatic rings. The molecule has 1 aromatic carbocycles. The van der Waals surface area contributed by atoms with Crippen molar-refractivity contribution in [3.05, 3.63) is 30.4 Å². The lowest BCUT2D eigenvalue weighted by atomic mass is 10.2. The van der Waals surface area contributed by atoms with E-state index in [1.54, 1.807) is 6.08 Å². The fourth-order valence-corrected chi connectivity index (χ4v) is 1.42. The van der Waals surface area contributed by atoms with Gasteiger partial charge in [0.2, 0.25) is 5.75 Å². The number of benzene rings is 1. The highest BCUT2D eigenvalue weighted by molar-refractivity contribution is 5.91. The SMILES string of the molecule is C=CCOc1cc(C(=O)OC)cc(OC)c1OC. The smallest absolute Gasteiger partial charge is 0.338 e. The molecule has 0 aliphatic rings. The summed E-state index contributed by atoms with van der Waals surface area (Å²) in [4.78, 5) is 11.5. The molecule has 0 amide bonds. The number of carbonyl (C=O) groups excluding carboxylic acids is 1. The predicted octanol–water partition coefficient (Wildman–Crippen LogP) is 2.06. The zero-order valence-electron chi connectivity index (χ0n) is 10.7. The summed E-state index contributed by atoms with van der Waals surface area (Å²) in [5.41, 5.74) is 0.328. The third kappa shape index (κ3) is 2.94. The number of rotatable bonds is 6. The number of hydrogen-bond acceptors (Lipinski definition) is 5. The Morgan fingerprint density at radius 2 is 1.89 bits per heavy atom. The zero-order chi connectivity index (χ0) is 13.5. The van der Waals surface area contributed by atoms with Crippen LogP contribution in [0, 0.1) is 0 Å². The predicted molar refractivity (Wildman–Crippen MR) is 66.6 cm³/mol. The van der Waals surface area contributed by atoms with Crippen LogP contribution < -0.4 is 14.2 Å². The first-order valence-electron chi connectivity index (χ1n) is 5.26. The van der Waals surface area contributed by atoms with Gasteiger partial charge in [0.25, 0.3) is 0 Å². The van der Waals surface area contributed by atoms with Gasteiger partial charge >= 0.3 is 5.97 Å². The summed E-state index contributed by atoms with van der Waals surface area (Å²) in [6, 6.07) is 3.07. The van der Waals surface area contributed by atoms with Gasteiger partial charge in [0.15, 0.2) is 11.5 Å². The molecule has 0 spiro atoms. The van der Waals surface area contributed by atoms with Crippen molar-refractivity contribution in [1.29, 1.82) is 0 Å². The lowest BCUT2D eigenvalue weighted by molar-refractivity contribution is 0.0599. The van der Waals surface area contributed by atoms with Crippen LogP contribution in [0.1, 0.15) is 10.4 Å². The second-order valence-corrected chi connectivity index (χ2v) is 3.30. The van der Waals surface area contributed by atoms with Crippen LogP contribution in [0.5, 0.6) is 17.2 Å². The second kappa shape index (κ2) is 6.54. The van der Waals surface area contributed by atoms with E-state index in [0.717, 1.165) is 0 Å². The van der Waals surface area contributed by atoms with Crippen molar-refractivity contribution in [3.63, 3.8) is 0 Å². The Morgan fingerprint density at radius 3 is 2.39 bits per heavy atom. The highest BCUT2D eigenvalue weighted by atomic mass is 16.5. The molecule has 5 nitrogen and oxygen atoms in total. The van der Waals surface area contributed by atoms with Crippen LogP contribution in [-0.4, -0.2) is 33.9 Å². The van der Waals surface area contributed by atoms with Crippen LogP contribution >= 0.6 is 0 Å². The molecule has 18 heavy (non-hydrogen) atoms. The van der Waals surface area contributed by atoms with E-state index in [1.165, 1.54) is 33.5 Å². The Kier molecular flexibility index (Phi) is 5.05. The molecule has 0 bridgehead atoms. The first-order valence-corrected chi connectivity index (χ1v) is 5.26. The minimum Gasteiger partial charge on any atom is -0.493 e. The summed E-state index contributed by atoms with van der Waals surface area (Å²) in [5.74, 6) is 0.753. The Labute approximate surface area is 106 Å². The fraction of sp³-hybridized carbons (Fsp3) is 0.308. The van der Waals surface area contributed by atoms with E-state index in [0.29, 0.717) is 29.4 Å². The van der Waals surface area contributed by atoms with Crippen LogP contribution in [0.15, 0.2) is 24.8 Å². The molecule has 0 radical (unpaired) electrons. The highest BCUT2D eigenvalue weighted by Crippen LogP contribution is 2.38. The van der Waals surface area contributed by atoms with Crippen LogP contribution in [-0.2, 0) is 4.74 Å². The van der Waals surface area contributed by atoms with Gasteiger partial charge in [-0.15, -0.1) is 0 Å². The summed E-state index contributed by atoms with van der Waals surface area (Å²) in [7, 11) is 4.29. The molecule has 0 atom stereocenters.